The van der Waals surface area contributed by atoms with E-state index in [0.29, 0.717) is 0 Å². The molecule has 0 aliphatic carbocycles. The van der Waals surface area contributed by atoms with E-state index in [0.717, 1.165) is 0 Å². The van der Waals surface area contributed by atoms with Crippen molar-refractivity contribution in [3.8, 4) is 11.1 Å². The Morgan fingerprint density at radius 1 is 0.591 bits per heavy atom. The van der Waals surface area contributed by atoms with Crippen LogP contribution in [0.15, 0.2) is 72.8 Å². The van der Waals surface area contributed by atoms with Gasteiger partial charge >= 0.3 is 0 Å². The Morgan fingerprint density at radius 2 is 1.32 bits per heavy atom. The van der Waals surface area contributed by atoms with Gasteiger partial charge in [0.1, 0.15) is 0 Å². The van der Waals surface area contributed by atoms with Crippen LogP contribution in [0.3, 0.4) is 0 Å². The molecule has 0 unspecified atom stereocenters. The molecule has 4 aromatic rings. The molecule has 0 heteroatoms. The molecule has 0 spiro atoms. The third kappa shape index (κ3) is 2.00. The molecule has 0 saturated carbocycles. The molecule has 22 heavy (non-hydrogen) atoms. The lowest BCUT2D eigenvalue weighted by Crippen LogP contribution is -1.87. The van der Waals surface area contributed by atoms with Gasteiger partial charge in [-0.15, -0.1) is 0 Å². The topological polar surface area (TPSA) is 0 Å². The number of hydrogen-bond donors (Lipinski definition) is 0. The van der Waals surface area contributed by atoms with Gasteiger partial charge in [0, 0.05) is 0 Å². The summed E-state index contributed by atoms with van der Waals surface area (Å²) in [5, 5.41) is 5.31. The third-order valence-corrected chi connectivity index (χ3v) is 4.46. The van der Waals surface area contributed by atoms with Gasteiger partial charge in [0.25, 0.3) is 0 Å². The Kier molecular flexibility index (Phi) is 2.97. The summed E-state index contributed by atoms with van der Waals surface area (Å²) < 4.78 is 0. The van der Waals surface area contributed by atoms with Crippen molar-refractivity contribution in [3.63, 3.8) is 0 Å². The third-order valence-electron chi connectivity index (χ3n) is 4.46. The van der Waals surface area contributed by atoms with E-state index in [4.69, 9.17) is 0 Å². The molecule has 0 nitrogen and oxygen atoms in total. The van der Waals surface area contributed by atoms with Crippen molar-refractivity contribution in [2.45, 2.75) is 13.8 Å². The lowest BCUT2D eigenvalue weighted by Gasteiger charge is -2.13. The van der Waals surface area contributed by atoms with Gasteiger partial charge in [0.15, 0.2) is 0 Å². The Balaban J connectivity index is 2.21. The van der Waals surface area contributed by atoms with E-state index in [2.05, 4.69) is 86.6 Å². The Labute approximate surface area is 131 Å². The Morgan fingerprint density at radius 3 is 2.14 bits per heavy atom. The fourth-order valence-corrected chi connectivity index (χ4v) is 3.27. The van der Waals surface area contributed by atoms with Gasteiger partial charge in [0.2, 0.25) is 0 Å². The molecule has 0 atom stereocenters. The molecule has 106 valence electrons. The summed E-state index contributed by atoms with van der Waals surface area (Å²) in [5.74, 6) is 0. The highest BCUT2D eigenvalue weighted by molar-refractivity contribution is 6.13. The van der Waals surface area contributed by atoms with E-state index in [1.54, 1.807) is 0 Å². The van der Waals surface area contributed by atoms with Crippen molar-refractivity contribution in [1.82, 2.24) is 0 Å². The molecule has 4 aromatic carbocycles. The van der Waals surface area contributed by atoms with Crippen LogP contribution >= 0.6 is 0 Å². The quantitative estimate of drug-likeness (QED) is 0.360. The molecule has 0 bridgehead atoms. The first-order valence-corrected chi connectivity index (χ1v) is 7.72. The van der Waals surface area contributed by atoms with Crippen molar-refractivity contribution in [3.05, 3.63) is 83.9 Å². The van der Waals surface area contributed by atoms with Gasteiger partial charge in [-0.05, 0) is 58.1 Å². The summed E-state index contributed by atoms with van der Waals surface area (Å²) in [4.78, 5) is 0. The summed E-state index contributed by atoms with van der Waals surface area (Å²) in [6.07, 6.45) is 0. The Bertz CT molecular complexity index is 976. The number of aryl methyl sites for hydroxylation is 2. The highest BCUT2D eigenvalue weighted by Crippen LogP contribution is 2.37. The van der Waals surface area contributed by atoms with Crippen LogP contribution in [0.4, 0.5) is 0 Å². The van der Waals surface area contributed by atoms with E-state index in [1.807, 2.05) is 0 Å². The molecule has 0 aromatic heterocycles. The monoisotopic (exact) mass is 282 g/mol. The molecule has 0 saturated heterocycles. The van der Waals surface area contributed by atoms with Crippen LogP contribution < -0.4 is 0 Å². The van der Waals surface area contributed by atoms with Crippen molar-refractivity contribution in [1.29, 1.82) is 0 Å². The second-order valence-electron chi connectivity index (χ2n) is 6.01. The van der Waals surface area contributed by atoms with Crippen LogP contribution in [-0.4, -0.2) is 0 Å². The first-order valence-electron chi connectivity index (χ1n) is 7.72. The fraction of sp³-hybridized carbons (Fsp3) is 0.0909. The lowest BCUT2D eigenvalue weighted by molar-refractivity contribution is 1.47. The smallest absolute Gasteiger partial charge is 0.00267 e. The maximum Gasteiger partial charge on any atom is -0.00267 e. The lowest BCUT2D eigenvalue weighted by atomic mass is 9.90. The van der Waals surface area contributed by atoms with Gasteiger partial charge in [-0.3, -0.25) is 0 Å². The largest absolute Gasteiger partial charge is 0.0616 e. The predicted octanol–water partition coefficient (Wildman–Crippen LogP) is 6.28. The molecule has 0 heterocycles. The summed E-state index contributed by atoms with van der Waals surface area (Å²) in [6.45, 7) is 4.32. The molecular formula is C22H18. The average Bonchev–Trinajstić information content (AvgIpc) is 2.55. The van der Waals surface area contributed by atoms with Crippen molar-refractivity contribution >= 4 is 21.5 Å². The van der Waals surface area contributed by atoms with Gasteiger partial charge in [-0.2, -0.15) is 0 Å². The standard InChI is InChI=1S/C22H18/c1-15-10-12-17(13-11-15)22-19-8-4-3-7-18(19)14-21-16(2)6-5-9-20(21)22/h3-14H,1-2H3. The van der Waals surface area contributed by atoms with E-state index >= 15 is 0 Å². The minimum Gasteiger partial charge on any atom is -0.0616 e. The van der Waals surface area contributed by atoms with Crippen LogP contribution in [0.1, 0.15) is 11.1 Å². The second-order valence-corrected chi connectivity index (χ2v) is 6.01. The molecule has 0 aliphatic rings. The fourth-order valence-electron chi connectivity index (χ4n) is 3.27. The first kappa shape index (κ1) is 13.1. The van der Waals surface area contributed by atoms with Crippen molar-refractivity contribution in [2.75, 3.05) is 0 Å². The SMILES string of the molecule is Cc1ccc(-c2c3ccccc3cc3c(C)cccc23)cc1. The first-order chi connectivity index (χ1) is 10.7. The predicted molar refractivity (Wildman–Crippen MR) is 96.4 cm³/mol. The summed E-state index contributed by atoms with van der Waals surface area (Å²) >= 11 is 0. The highest BCUT2D eigenvalue weighted by atomic mass is 14.1. The van der Waals surface area contributed by atoms with E-state index in [-0.39, 0.29) is 0 Å². The van der Waals surface area contributed by atoms with Crippen molar-refractivity contribution < 1.29 is 0 Å². The van der Waals surface area contributed by atoms with E-state index in [1.165, 1.54) is 43.8 Å². The minimum absolute atomic E-state index is 1.29. The average molecular weight is 282 g/mol. The van der Waals surface area contributed by atoms with Crippen molar-refractivity contribution in [2.24, 2.45) is 0 Å². The molecule has 0 radical (unpaired) electrons. The zero-order valence-electron chi connectivity index (χ0n) is 12.9. The highest BCUT2D eigenvalue weighted by Gasteiger charge is 2.10. The van der Waals surface area contributed by atoms with Crippen LogP contribution in [0.25, 0.3) is 32.7 Å². The van der Waals surface area contributed by atoms with Crippen LogP contribution in [0, 0.1) is 13.8 Å². The normalized spacial score (nSPS) is 11.2. The zero-order chi connectivity index (χ0) is 15.1. The van der Waals surface area contributed by atoms with E-state index in [9.17, 15) is 0 Å². The van der Waals surface area contributed by atoms with Gasteiger partial charge in [-0.25, -0.2) is 0 Å². The number of benzene rings is 4. The molecule has 0 N–H and O–H groups in total. The number of fused-ring (bicyclic) bond motifs is 2. The molecule has 0 amide bonds. The van der Waals surface area contributed by atoms with Crippen LogP contribution in [-0.2, 0) is 0 Å². The van der Waals surface area contributed by atoms with Gasteiger partial charge in [-0.1, -0.05) is 72.3 Å². The summed E-state index contributed by atoms with van der Waals surface area (Å²) in [7, 11) is 0. The maximum atomic E-state index is 2.32. The van der Waals surface area contributed by atoms with Gasteiger partial charge < -0.3 is 0 Å². The molecule has 0 fully saturated rings. The zero-order valence-corrected chi connectivity index (χ0v) is 12.9. The Hall–Kier alpha value is -2.60. The van der Waals surface area contributed by atoms with Crippen LogP contribution in [0.5, 0.6) is 0 Å². The number of hydrogen-bond acceptors (Lipinski definition) is 0. The summed E-state index contributed by atoms with van der Waals surface area (Å²) in [6, 6.07) is 26.4. The second kappa shape index (κ2) is 4.99. The van der Waals surface area contributed by atoms with Crippen LogP contribution in [0.2, 0.25) is 0 Å². The maximum absolute atomic E-state index is 2.32. The van der Waals surface area contributed by atoms with E-state index < -0.39 is 0 Å². The van der Waals surface area contributed by atoms with Gasteiger partial charge in [0.05, 0.1) is 0 Å². The number of rotatable bonds is 1. The minimum atomic E-state index is 1.29. The molecular weight excluding hydrogens is 264 g/mol. The molecule has 4 rings (SSSR count). The summed E-state index contributed by atoms with van der Waals surface area (Å²) in [5.41, 5.74) is 5.26. The molecule has 0 aliphatic heterocycles.